The van der Waals surface area contributed by atoms with Gasteiger partial charge in [-0.1, -0.05) is 0 Å². The molecule has 1 heterocycles. The van der Waals surface area contributed by atoms with Gasteiger partial charge in [-0.2, -0.15) is 0 Å². The molecule has 0 spiro atoms. The van der Waals surface area contributed by atoms with E-state index in [4.69, 9.17) is 15.2 Å². The van der Waals surface area contributed by atoms with Crippen molar-refractivity contribution < 1.29 is 14.3 Å². The molecule has 1 aromatic heterocycles. The Hall–Kier alpha value is -2.01. The van der Waals surface area contributed by atoms with Crippen LogP contribution in [0.4, 0.5) is 5.69 Å². The van der Waals surface area contributed by atoms with Crippen LogP contribution in [-0.4, -0.2) is 18.7 Å². The molecular formula is C16H19NO3S. The van der Waals surface area contributed by atoms with E-state index in [9.17, 15) is 4.79 Å². The van der Waals surface area contributed by atoms with Crippen molar-refractivity contribution >= 4 is 23.0 Å². The summed E-state index contributed by atoms with van der Waals surface area (Å²) in [6, 6.07) is 9.41. The van der Waals surface area contributed by atoms with Gasteiger partial charge < -0.3 is 15.2 Å². The van der Waals surface area contributed by atoms with Gasteiger partial charge in [0.2, 0.25) is 0 Å². The number of anilines is 1. The molecule has 2 rings (SSSR count). The maximum Gasteiger partial charge on any atom is 0.350 e. The van der Waals surface area contributed by atoms with Gasteiger partial charge >= 0.3 is 5.97 Å². The fourth-order valence-corrected chi connectivity index (χ4v) is 2.75. The molecule has 0 amide bonds. The molecule has 21 heavy (non-hydrogen) atoms. The van der Waals surface area contributed by atoms with Crippen molar-refractivity contribution in [3.8, 4) is 16.2 Å². The minimum absolute atomic E-state index is 0.384. The van der Waals surface area contributed by atoms with Crippen molar-refractivity contribution in [1.82, 2.24) is 0 Å². The van der Waals surface area contributed by atoms with Crippen LogP contribution in [-0.2, 0) is 4.74 Å². The van der Waals surface area contributed by atoms with Gasteiger partial charge in [0.25, 0.3) is 0 Å². The predicted octanol–water partition coefficient (Wildman–Crippen LogP) is 3.96. The lowest BCUT2D eigenvalue weighted by molar-refractivity contribution is 0.00764. The van der Waals surface area contributed by atoms with E-state index in [0.717, 1.165) is 16.2 Å². The third kappa shape index (κ3) is 3.76. The summed E-state index contributed by atoms with van der Waals surface area (Å²) in [6.07, 6.45) is 0. The van der Waals surface area contributed by atoms with Gasteiger partial charge in [-0.25, -0.2) is 4.79 Å². The first-order valence-electron chi connectivity index (χ1n) is 6.57. The molecule has 0 saturated carbocycles. The van der Waals surface area contributed by atoms with E-state index in [1.165, 1.54) is 11.3 Å². The van der Waals surface area contributed by atoms with Crippen LogP contribution in [0.1, 0.15) is 30.4 Å². The van der Waals surface area contributed by atoms with Crippen molar-refractivity contribution in [2.24, 2.45) is 0 Å². The Labute approximate surface area is 128 Å². The molecule has 0 bridgehead atoms. The lowest BCUT2D eigenvalue weighted by Crippen LogP contribution is -2.23. The molecular weight excluding hydrogens is 286 g/mol. The Morgan fingerprint density at radius 2 is 1.81 bits per heavy atom. The zero-order chi connectivity index (χ0) is 15.6. The van der Waals surface area contributed by atoms with Gasteiger partial charge in [0.15, 0.2) is 0 Å². The highest BCUT2D eigenvalue weighted by atomic mass is 32.1. The van der Waals surface area contributed by atoms with E-state index in [2.05, 4.69) is 0 Å². The highest BCUT2D eigenvalue weighted by Crippen LogP contribution is 2.35. The fourth-order valence-electron chi connectivity index (χ4n) is 1.79. The number of nitrogen functional groups attached to an aromatic ring is 1. The monoisotopic (exact) mass is 305 g/mol. The topological polar surface area (TPSA) is 61.5 Å². The zero-order valence-electron chi connectivity index (χ0n) is 12.6. The van der Waals surface area contributed by atoms with Crippen LogP contribution in [0.25, 0.3) is 10.4 Å². The Morgan fingerprint density at radius 1 is 1.19 bits per heavy atom. The van der Waals surface area contributed by atoms with E-state index in [-0.39, 0.29) is 5.97 Å². The number of carbonyl (C=O) groups is 1. The molecule has 0 aliphatic carbocycles. The van der Waals surface area contributed by atoms with Gasteiger partial charge in [0, 0.05) is 4.88 Å². The number of thiophene rings is 1. The third-order valence-corrected chi connectivity index (χ3v) is 3.90. The van der Waals surface area contributed by atoms with Gasteiger partial charge in [-0.3, -0.25) is 0 Å². The first-order chi connectivity index (χ1) is 9.80. The largest absolute Gasteiger partial charge is 0.497 e. The van der Waals surface area contributed by atoms with E-state index in [0.29, 0.717) is 10.6 Å². The van der Waals surface area contributed by atoms with Crippen molar-refractivity contribution in [3.05, 3.63) is 35.2 Å². The maximum absolute atomic E-state index is 12.1. The van der Waals surface area contributed by atoms with Gasteiger partial charge in [-0.05, 0) is 56.7 Å². The third-order valence-electron chi connectivity index (χ3n) is 2.72. The highest BCUT2D eigenvalue weighted by Gasteiger charge is 2.22. The number of esters is 1. The number of ether oxygens (including phenoxy) is 2. The second kappa shape index (κ2) is 5.77. The minimum atomic E-state index is -0.534. The van der Waals surface area contributed by atoms with E-state index in [1.807, 2.05) is 45.0 Å². The van der Waals surface area contributed by atoms with Crippen LogP contribution in [0.5, 0.6) is 5.75 Å². The number of hydrogen-bond donors (Lipinski definition) is 1. The van der Waals surface area contributed by atoms with Gasteiger partial charge in [0.05, 0.1) is 12.8 Å². The van der Waals surface area contributed by atoms with Crippen LogP contribution >= 0.6 is 11.3 Å². The van der Waals surface area contributed by atoms with E-state index in [1.54, 1.807) is 13.2 Å². The molecule has 4 nitrogen and oxygen atoms in total. The van der Waals surface area contributed by atoms with Crippen LogP contribution in [0, 0.1) is 0 Å². The van der Waals surface area contributed by atoms with Crippen LogP contribution in [0.2, 0.25) is 0 Å². The van der Waals surface area contributed by atoms with E-state index >= 15 is 0 Å². The summed E-state index contributed by atoms with van der Waals surface area (Å²) in [5.41, 5.74) is 6.84. The van der Waals surface area contributed by atoms with Crippen molar-refractivity contribution in [3.63, 3.8) is 0 Å². The minimum Gasteiger partial charge on any atom is -0.497 e. The molecule has 2 aromatic rings. The SMILES string of the molecule is COc1ccc(-c2cc(N)c(C(=O)OC(C)(C)C)s2)cc1. The van der Waals surface area contributed by atoms with Crippen LogP contribution in [0.3, 0.4) is 0 Å². The standard InChI is InChI=1S/C16H19NO3S/c1-16(2,3)20-15(18)14-12(17)9-13(21-14)10-5-7-11(19-4)8-6-10/h5-9H,17H2,1-4H3. The molecule has 0 atom stereocenters. The average Bonchev–Trinajstić information content (AvgIpc) is 2.79. The zero-order valence-corrected chi connectivity index (χ0v) is 13.4. The lowest BCUT2D eigenvalue weighted by Gasteiger charge is -2.18. The summed E-state index contributed by atoms with van der Waals surface area (Å²) in [6.45, 7) is 5.50. The number of benzene rings is 1. The second-order valence-electron chi connectivity index (χ2n) is 5.63. The molecule has 0 aliphatic rings. The number of carbonyl (C=O) groups excluding carboxylic acids is 1. The highest BCUT2D eigenvalue weighted by molar-refractivity contribution is 7.18. The average molecular weight is 305 g/mol. The van der Waals surface area contributed by atoms with Crippen molar-refractivity contribution in [1.29, 1.82) is 0 Å². The lowest BCUT2D eigenvalue weighted by atomic mass is 10.2. The first-order valence-corrected chi connectivity index (χ1v) is 7.39. The quantitative estimate of drug-likeness (QED) is 0.872. The Morgan fingerprint density at radius 3 is 2.33 bits per heavy atom. The fraction of sp³-hybridized carbons (Fsp3) is 0.312. The van der Waals surface area contributed by atoms with Crippen molar-refractivity contribution in [2.45, 2.75) is 26.4 Å². The summed E-state index contributed by atoms with van der Waals surface area (Å²) in [5, 5.41) is 0. The number of hydrogen-bond acceptors (Lipinski definition) is 5. The summed E-state index contributed by atoms with van der Waals surface area (Å²) >= 11 is 1.33. The molecule has 0 radical (unpaired) electrons. The Bertz CT molecular complexity index is 639. The number of nitrogens with two attached hydrogens (primary N) is 1. The summed E-state index contributed by atoms with van der Waals surface area (Å²) in [5.74, 6) is 0.403. The normalized spacial score (nSPS) is 11.2. The van der Waals surface area contributed by atoms with Crippen LogP contribution < -0.4 is 10.5 Å². The first kappa shape index (κ1) is 15.4. The maximum atomic E-state index is 12.1. The molecule has 0 fully saturated rings. The smallest absolute Gasteiger partial charge is 0.350 e. The summed E-state index contributed by atoms with van der Waals surface area (Å²) in [7, 11) is 1.62. The molecule has 112 valence electrons. The molecule has 5 heteroatoms. The van der Waals surface area contributed by atoms with Gasteiger partial charge in [-0.15, -0.1) is 11.3 Å². The molecule has 0 saturated heterocycles. The Kier molecular flexibility index (Phi) is 4.23. The molecule has 0 unspecified atom stereocenters. The van der Waals surface area contributed by atoms with Crippen LogP contribution in [0.15, 0.2) is 30.3 Å². The second-order valence-corrected chi connectivity index (χ2v) is 6.68. The number of methoxy groups -OCH3 is 1. The van der Waals surface area contributed by atoms with E-state index < -0.39 is 5.60 Å². The molecule has 0 aliphatic heterocycles. The number of rotatable bonds is 3. The molecule has 2 N–H and O–H groups in total. The van der Waals surface area contributed by atoms with Gasteiger partial charge in [0.1, 0.15) is 16.2 Å². The van der Waals surface area contributed by atoms with Crippen molar-refractivity contribution in [2.75, 3.05) is 12.8 Å². The predicted molar refractivity (Wildman–Crippen MR) is 85.9 cm³/mol. The molecule has 1 aromatic carbocycles. The summed E-state index contributed by atoms with van der Waals surface area (Å²) < 4.78 is 10.5. The summed E-state index contributed by atoms with van der Waals surface area (Å²) in [4.78, 5) is 13.5. The Balaban J connectivity index is 2.27.